The van der Waals surface area contributed by atoms with Crippen LogP contribution in [0.3, 0.4) is 0 Å². The molecule has 2 aliphatic rings. The van der Waals surface area contributed by atoms with Crippen molar-refractivity contribution in [1.82, 2.24) is 0 Å². The summed E-state index contributed by atoms with van der Waals surface area (Å²) in [5.74, 6) is 0.215. The van der Waals surface area contributed by atoms with Gasteiger partial charge in [0.2, 0.25) is 0 Å². The first-order chi connectivity index (χ1) is 22.3. The quantitative estimate of drug-likeness (QED) is 0.197. The molecular weight excluding hydrogens is 480 g/mol. The molecule has 0 bridgehead atoms. The van der Waals surface area contributed by atoms with Crippen LogP contribution >= 0.6 is 0 Å². The van der Waals surface area contributed by atoms with E-state index < -0.39 is 10.8 Å². The first-order valence-corrected chi connectivity index (χ1v) is 14.4. The van der Waals surface area contributed by atoms with Crippen molar-refractivity contribution >= 4 is 32.3 Å². The summed E-state index contributed by atoms with van der Waals surface area (Å²) in [6, 6.07) is 7.80. The van der Waals surface area contributed by atoms with Crippen LogP contribution in [0.4, 0.5) is 0 Å². The Morgan fingerprint density at radius 2 is 0.850 bits per heavy atom. The number of hydrogen-bond acceptors (Lipinski definition) is 0. The summed E-state index contributed by atoms with van der Waals surface area (Å²) < 4.78 is 71.2. The Morgan fingerprint density at radius 1 is 0.475 bits per heavy atom. The molecule has 40 heavy (non-hydrogen) atoms. The molecule has 0 saturated carbocycles. The van der Waals surface area contributed by atoms with Crippen molar-refractivity contribution in [2.75, 3.05) is 0 Å². The molecule has 0 heterocycles. The average molecular weight is 527 g/mol. The van der Waals surface area contributed by atoms with Gasteiger partial charge in [0.15, 0.2) is 0 Å². The molecule has 0 radical (unpaired) electrons. The molecule has 8 rings (SSSR count). The molecule has 0 aromatic heterocycles. The number of fused-ring (bicyclic) bond motifs is 4. The molecule has 0 spiro atoms. The molecule has 0 aliphatic heterocycles. The molecule has 0 amide bonds. The third kappa shape index (κ3) is 2.73. The fourth-order valence-corrected chi connectivity index (χ4v) is 7.83. The van der Waals surface area contributed by atoms with Crippen LogP contribution in [0.5, 0.6) is 0 Å². The van der Waals surface area contributed by atoms with Crippen LogP contribution in [0.1, 0.15) is 112 Å². The standard InChI is InChI=1S/C40H38/c1-21(2)25-19-33-35-28(24-14-10-11-15-31(24)39(33,5)6)18-30-26(22(3)4)20-34-36-27(17-29(25)37(35)38(30)36)23-13-9-12-16-32(23)40(34,7)8/h9-22H,1-8H3/i9D,10D,11D,12D,13D,14D,15D,16D. The lowest BCUT2D eigenvalue weighted by molar-refractivity contribution is 0.642. The third-order valence-corrected chi connectivity index (χ3v) is 9.92. The van der Waals surface area contributed by atoms with Gasteiger partial charge in [-0.15, -0.1) is 0 Å². The van der Waals surface area contributed by atoms with Crippen molar-refractivity contribution in [2.24, 2.45) is 0 Å². The van der Waals surface area contributed by atoms with Crippen molar-refractivity contribution in [3.8, 4) is 22.3 Å². The molecule has 6 aromatic rings. The second-order valence-corrected chi connectivity index (χ2v) is 13.5. The molecule has 198 valence electrons. The van der Waals surface area contributed by atoms with Gasteiger partial charge in [0.1, 0.15) is 0 Å². The van der Waals surface area contributed by atoms with Crippen molar-refractivity contribution in [3.63, 3.8) is 0 Å². The van der Waals surface area contributed by atoms with Crippen LogP contribution in [0.15, 0.2) is 72.6 Å². The van der Waals surface area contributed by atoms with Crippen LogP contribution in [0.25, 0.3) is 54.6 Å². The van der Waals surface area contributed by atoms with Crippen LogP contribution in [-0.2, 0) is 10.8 Å². The minimum Gasteiger partial charge on any atom is -0.0619 e. The first-order valence-electron chi connectivity index (χ1n) is 18.4. The van der Waals surface area contributed by atoms with Crippen molar-refractivity contribution in [1.29, 1.82) is 0 Å². The summed E-state index contributed by atoms with van der Waals surface area (Å²) in [5, 5.41) is 6.17. The largest absolute Gasteiger partial charge is 0.0629 e. The summed E-state index contributed by atoms with van der Waals surface area (Å²) >= 11 is 0. The minimum absolute atomic E-state index is 0.00126. The van der Waals surface area contributed by atoms with Gasteiger partial charge in [0.05, 0.1) is 11.0 Å². The fraction of sp³-hybridized carbons (Fsp3) is 0.300. The Bertz CT molecular complexity index is 2310. The molecule has 2 aliphatic carbocycles. The summed E-state index contributed by atoms with van der Waals surface area (Å²) in [6.07, 6.45) is 0. The van der Waals surface area contributed by atoms with Gasteiger partial charge >= 0.3 is 0 Å². The molecule has 0 unspecified atom stereocenters. The topological polar surface area (TPSA) is 0 Å². The molecule has 0 atom stereocenters. The third-order valence-electron chi connectivity index (χ3n) is 9.92. The summed E-state index contributed by atoms with van der Waals surface area (Å²) in [6.45, 7) is 16.9. The van der Waals surface area contributed by atoms with Gasteiger partial charge in [-0.1, -0.05) is 116 Å². The Labute approximate surface area is 249 Å². The highest BCUT2D eigenvalue weighted by atomic mass is 14.4. The zero-order chi connectivity index (χ0) is 34.8. The predicted molar refractivity (Wildman–Crippen MR) is 173 cm³/mol. The maximum Gasteiger partial charge on any atom is 0.0629 e. The summed E-state index contributed by atoms with van der Waals surface area (Å²) in [7, 11) is 0. The van der Waals surface area contributed by atoms with Gasteiger partial charge in [-0.3, -0.25) is 0 Å². The zero-order valence-electron chi connectivity index (χ0n) is 32.5. The molecule has 0 N–H and O–H groups in total. The maximum absolute atomic E-state index is 9.20. The Kier molecular flexibility index (Phi) is 3.25. The van der Waals surface area contributed by atoms with Gasteiger partial charge in [0.25, 0.3) is 0 Å². The molecule has 0 fully saturated rings. The number of benzene rings is 6. The van der Waals surface area contributed by atoms with Gasteiger partial charge in [-0.25, -0.2) is 0 Å². The van der Waals surface area contributed by atoms with Crippen LogP contribution in [0.2, 0.25) is 0 Å². The minimum atomic E-state index is -0.723. The lowest BCUT2D eigenvalue weighted by atomic mass is 9.63. The smallest absolute Gasteiger partial charge is 0.0619 e. The normalized spacial score (nSPS) is 19.1. The van der Waals surface area contributed by atoms with Gasteiger partial charge < -0.3 is 0 Å². The van der Waals surface area contributed by atoms with E-state index in [0.29, 0.717) is 22.3 Å². The maximum atomic E-state index is 9.20. The highest BCUT2D eigenvalue weighted by Crippen LogP contribution is 2.58. The van der Waals surface area contributed by atoms with Gasteiger partial charge in [-0.05, 0) is 112 Å². The lowest BCUT2D eigenvalue weighted by Crippen LogP contribution is -2.26. The highest BCUT2D eigenvalue weighted by molar-refractivity contribution is 6.32. The van der Waals surface area contributed by atoms with Crippen LogP contribution in [0, 0.1) is 0 Å². The fourth-order valence-electron chi connectivity index (χ4n) is 7.83. The molecular formula is C40H38. The second-order valence-electron chi connectivity index (χ2n) is 13.5. The molecule has 0 heteroatoms. The van der Waals surface area contributed by atoms with E-state index >= 15 is 0 Å². The number of hydrogen-bond donors (Lipinski definition) is 0. The van der Waals surface area contributed by atoms with Crippen molar-refractivity contribution < 1.29 is 11.0 Å². The molecule has 0 nitrogen and oxygen atoms in total. The Hall–Kier alpha value is -3.64. The van der Waals surface area contributed by atoms with E-state index in [0.717, 1.165) is 65.7 Å². The highest BCUT2D eigenvalue weighted by Gasteiger charge is 2.39. The van der Waals surface area contributed by atoms with Crippen molar-refractivity contribution in [2.45, 2.75) is 78.1 Å². The first kappa shape index (κ1) is 17.2. The van der Waals surface area contributed by atoms with E-state index in [1.165, 1.54) is 0 Å². The van der Waals surface area contributed by atoms with E-state index in [2.05, 4.69) is 79.7 Å². The van der Waals surface area contributed by atoms with E-state index in [9.17, 15) is 2.74 Å². The SMILES string of the molecule is [2H]c1c([2H])c([2H])c2c(c1[2H])-c1cc3c(C(C)C)cc4c5c(cc6c(C(C)C)cc(c1c6c35)C2(C)C)-c1c([2H])c([2H])c([2H])c([2H])c1C4(C)C. The van der Waals surface area contributed by atoms with Crippen LogP contribution < -0.4 is 0 Å². The second kappa shape index (κ2) is 7.55. The predicted octanol–water partition coefficient (Wildman–Crippen LogP) is 11.4. The van der Waals surface area contributed by atoms with E-state index in [1.807, 2.05) is 0 Å². The zero-order valence-corrected chi connectivity index (χ0v) is 24.5. The molecule has 6 aromatic carbocycles. The Morgan fingerprint density at radius 3 is 1.23 bits per heavy atom. The Balaban J connectivity index is 1.74. The van der Waals surface area contributed by atoms with E-state index in [4.69, 9.17) is 8.22 Å². The van der Waals surface area contributed by atoms with Gasteiger partial charge in [-0.2, -0.15) is 0 Å². The van der Waals surface area contributed by atoms with Gasteiger partial charge in [0, 0.05) is 10.8 Å². The van der Waals surface area contributed by atoms with E-state index in [-0.39, 0.29) is 60.2 Å². The average Bonchev–Trinajstić information content (AvgIpc) is 3.02. The van der Waals surface area contributed by atoms with E-state index in [1.54, 1.807) is 0 Å². The van der Waals surface area contributed by atoms with Crippen molar-refractivity contribution in [3.05, 3.63) is 106 Å². The monoisotopic (exact) mass is 526 g/mol. The molecule has 0 saturated heterocycles. The lowest BCUT2D eigenvalue weighted by Gasteiger charge is -2.40. The number of rotatable bonds is 2. The summed E-state index contributed by atoms with van der Waals surface area (Å²) in [4.78, 5) is 0. The summed E-state index contributed by atoms with van der Waals surface area (Å²) in [5.41, 5.74) is 6.85. The van der Waals surface area contributed by atoms with Crippen LogP contribution in [-0.4, -0.2) is 0 Å².